The fraction of sp³-hybridized carbons (Fsp3) is 0.250. The van der Waals surface area contributed by atoms with Crippen LogP contribution >= 0.6 is 0 Å². The number of hydrogen-bond donors (Lipinski definition) is 1. The molecular formula is C16H19NO. The molecule has 0 amide bonds. The molecule has 2 aromatic carbocycles. The van der Waals surface area contributed by atoms with Crippen molar-refractivity contribution in [2.75, 3.05) is 13.7 Å². The van der Waals surface area contributed by atoms with Crippen LogP contribution in [0.15, 0.2) is 54.6 Å². The van der Waals surface area contributed by atoms with Crippen LogP contribution in [0.1, 0.15) is 17.2 Å². The van der Waals surface area contributed by atoms with Crippen molar-refractivity contribution in [3.63, 3.8) is 0 Å². The zero-order valence-corrected chi connectivity index (χ0v) is 10.9. The number of benzene rings is 2. The zero-order chi connectivity index (χ0) is 12.8. The van der Waals surface area contributed by atoms with Crippen molar-refractivity contribution < 1.29 is 4.74 Å². The van der Waals surface area contributed by atoms with E-state index in [4.69, 9.17) is 4.74 Å². The van der Waals surface area contributed by atoms with Gasteiger partial charge in [-0.1, -0.05) is 48.5 Å². The van der Waals surface area contributed by atoms with E-state index in [-0.39, 0.29) is 6.04 Å². The van der Waals surface area contributed by atoms with Gasteiger partial charge in [0.15, 0.2) is 0 Å². The van der Waals surface area contributed by atoms with E-state index in [1.807, 2.05) is 43.4 Å². The fourth-order valence-electron chi connectivity index (χ4n) is 1.92. The van der Waals surface area contributed by atoms with Crippen LogP contribution in [0, 0.1) is 6.92 Å². The number of rotatable bonds is 5. The first-order valence-electron chi connectivity index (χ1n) is 6.22. The lowest BCUT2D eigenvalue weighted by atomic mass is 10.1. The second kappa shape index (κ2) is 6.22. The van der Waals surface area contributed by atoms with Gasteiger partial charge in [0.05, 0.1) is 6.04 Å². The highest BCUT2D eigenvalue weighted by molar-refractivity contribution is 5.32. The summed E-state index contributed by atoms with van der Waals surface area (Å²) >= 11 is 0. The molecule has 0 aliphatic carbocycles. The topological polar surface area (TPSA) is 21.3 Å². The predicted octanol–water partition coefficient (Wildman–Crippen LogP) is 3.33. The van der Waals surface area contributed by atoms with Crippen molar-refractivity contribution in [1.29, 1.82) is 0 Å². The summed E-state index contributed by atoms with van der Waals surface area (Å²) in [6, 6.07) is 18.7. The second-order valence-corrected chi connectivity index (χ2v) is 4.33. The molecule has 0 fully saturated rings. The molecule has 0 saturated carbocycles. The molecule has 0 heterocycles. The van der Waals surface area contributed by atoms with Gasteiger partial charge in [0, 0.05) is 0 Å². The molecule has 0 bridgehead atoms. The highest BCUT2D eigenvalue weighted by Gasteiger charge is 2.09. The van der Waals surface area contributed by atoms with Crippen molar-refractivity contribution in [3.8, 4) is 5.75 Å². The van der Waals surface area contributed by atoms with E-state index >= 15 is 0 Å². The van der Waals surface area contributed by atoms with Gasteiger partial charge >= 0.3 is 0 Å². The number of hydrogen-bond acceptors (Lipinski definition) is 2. The molecule has 0 saturated heterocycles. The third-order valence-corrected chi connectivity index (χ3v) is 3.05. The Labute approximate surface area is 109 Å². The van der Waals surface area contributed by atoms with Gasteiger partial charge in [-0.25, -0.2) is 0 Å². The van der Waals surface area contributed by atoms with Crippen LogP contribution in [0.2, 0.25) is 0 Å². The molecule has 94 valence electrons. The first kappa shape index (κ1) is 12.7. The van der Waals surface area contributed by atoms with Crippen molar-refractivity contribution >= 4 is 0 Å². The van der Waals surface area contributed by atoms with Crippen LogP contribution in [0.25, 0.3) is 0 Å². The molecule has 0 spiro atoms. The fourth-order valence-corrected chi connectivity index (χ4v) is 1.92. The predicted molar refractivity (Wildman–Crippen MR) is 74.9 cm³/mol. The maximum absolute atomic E-state index is 5.88. The summed E-state index contributed by atoms with van der Waals surface area (Å²) in [5, 5.41) is 3.28. The lowest BCUT2D eigenvalue weighted by Gasteiger charge is -2.18. The highest BCUT2D eigenvalue weighted by atomic mass is 16.5. The van der Waals surface area contributed by atoms with Gasteiger partial charge in [0.25, 0.3) is 0 Å². The molecule has 2 rings (SSSR count). The average molecular weight is 241 g/mol. The molecule has 0 aromatic heterocycles. The first-order valence-corrected chi connectivity index (χ1v) is 6.22. The first-order chi connectivity index (χ1) is 8.81. The Morgan fingerprint density at radius 1 is 1.00 bits per heavy atom. The molecule has 2 nitrogen and oxygen atoms in total. The van der Waals surface area contributed by atoms with Crippen molar-refractivity contribution in [2.24, 2.45) is 0 Å². The molecule has 2 aromatic rings. The van der Waals surface area contributed by atoms with Crippen LogP contribution < -0.4 is 10.1 Å². The SMILES string of the molecule is CNC(COc1ccccc1C)c1ccccc1. The smallest absolute Gasteiger partial charge is 0.122 e. The third kappa shape index (κ3) is 3.11. The molecule has 1 unspecified atom stereocenters. The summed E-state index contributed by atoms with van der Waals surface area (Å²) < 4.78 is 5.88. The Kier molecular flexibility index (Phi) is 4.37. The summed E-state index contributed by atoms with van der Waals surface area (Å²) in [6.07, 6.45) is 0. The van der Waals surface area contributed by atoms with E-state index in [1.54, 1.807) is 0 Å². The molecule has 0 radical (unpaired) electrons. The number of ether oxygens (including phenoxy) is 1. The molecule has 2 heteroatoms. The van der Waals surface area contributed by atoms with Crippen LogP contribution in [0.3, 0.4) is 0 Å². The molecule has 0 aliphatic rings. The van der Waals surface area contributed by atoms with Gasteiger partial charge in [-0.05, 0) is 31.2 Å². The second-order valence-electron chi connectivity index (χ2n) is 4.33. The van der Waals surface area contributed by atoms with Gasteiger partial charge in [0.1, 0.15) is 12.4 Å². The van der Waals surface area contributed by atoms with Crippen LogP contribution in [-0.4, -0.2) is 13.7 Å². The number of likely N-dealkylation sites (N-methyl/N-ethyl adjacent to an activating group) is 1. The number of aryl methyl sites for hydroxylation is 1. The third-order valence-electron chi connectivity index (χ3n) is 3.05. The van der Waals surface area contributed by atoms with E-state index in [0.29, 0.717) is 6.61 Å². The van der Waals surface area contributed by atoms with Gasteiger partial charge in [-0.3, -0.25) is 0 Å². The van der Waals surface area contributed by atoms with Crippen LogP contribution in [0.5, 0.6) is 5.75 Å². The van der Waals surface area contributed by atoms with E-state index in [2.05, 4.69) is 30.4 Å². The summed E-state index contributed by atoms with van der Waals surface area (Å²) in [4.78, 5) is 0. The van der Waals surface area contributed by atoms with Gasteiger partial charge < -0.3 is 10.1 Å². The molecule has 1 atom stereocenters. The molecule has 0 aliphatic heterocycles. The summed E-state index contributed by atoms with van der Waals surface area (Å²) in [5.41, 5.74) is 2.41. The van der Waals surface area contributed by atoms with E-state index in [1.165, 1.54) is 11.1 Å². The minimum absolute atomic E-state index is 0.214. The Hall–Kier alpha value is -1.80. The van der Waals surface area contributed by atoms with Crippen LogP contribution in [-0.2, 0) is 0 Å². The zero-order valence-electron chi connectivity index (χ0n) is 10.9. The normalized spacial score (nSPS) is 12.1. The standard InChI is InChI=1S/C16H19NO/c1-13-8-6-7-11-16(13)18-12-15(17-2)14-9-4-3-5-10-14/h3-11,15,17H,12H2,1-2H3. The minimum Gasteiger partial charge on any atom is -0.491 e. The number of nitrogens with one attached hydrogen (secondary N) is 1. The summed E-state index contributed by atoms with van der Waals surface area (Å²) in [7, 11) is 1.96. The Balaban J connectivity index is 2.02. The van der Waals surface area contributed by atoms with Gasteiger partial charge in [-0.15, -0.1) is 0 Å². The lowest BCUT2D eigenvalue weighted by Crippen LogP contribution is -2.23. The van der Waals surface area contributed by atoms with E-state index < -0.39 is 0 Å². The summed E-state index contributed by atoms with van der Waals surface area (Å²) in [6.45, 7) is 2.69. The Morgan fingerprint density at radius 3 is 2.33 bits per heavy atom. The summed E-state index contributed by atoms with van der Waals surface area (Å²) in [5.74, 6) is 0.952. The van der Waals surface area contributed by atoms with Gasteiger partial charge in [-0.2, -0.15) is 0 Å². The van der Waals surface area contributed by atoms with Gasteiger partial charge in [0.2, 0.25) is 0 Å². The highest BCUT2D eigenvalue weighted by Crippen LogP contribution is 2.19. The maximum Gasteiger partial charge on any atom is 0.122 e. The van der Waals surface area contributed by atoms with Crippen molar-refractivity contribution in [3.05, 3.63) is 65.7 Å². The van der Waals surface area contributed by atoms with Crippen molar-refractivity contribution in [1.82, 2.24) is 5.32 Å². The molecule has 18 heavy (non-hydrogen) atoms. The molecular weight excluding hydrogens is 222 g/mol. The number of para-hydroxylation sites is 1. The quantitative estimate of drug-likeness (QED) is 0.867. The van der Waals surface area contributed by atoms with Crippen LogP contribution in [0.4, 0.5) is 0 Å². The monoisotopic (exact) mass is 241 g/mol. The minimum atomic E-state index is 0.214. The maximum atomic E-state index is 5.88. The Bertz CT molecular complexity index is 481. The van der Waals surface area contributed by atoms with E-state index in [0.717, 1.165) is 5.75 Å². The largest absolute Gasteiger partial charge is 0.491 e. The lowest BCUT2D eigenvalue weighted by molar-refractivity contribution is 0.271. The molecule has 1 N–H and O–H groups in total. The average Bonchev–Trinajstić information content (AvgIpc) is 2.42. The van der Waals surface area contributed by atoms with Crippen molar-refractivity contribution in [2.45, 2.75) is 13.0 Å². The van der Waals surface area contributed by atoms with E-state index in [9.17, 15) is 0 Å². The Morgan fingerprint density at radius 2 is 1.67 bits per heavy atom.